The maximum absolute atomic E-state index is 12.8. The van der Waals surface area contributed by atoms with Crippen molar-refractivity contribution in [3.05, 3.63) is 64.0 Å². The van der Waals surface area contributed by atoms with Crippen LogP contribution in [0.15, 0.2) is 42.5 Å². The van der Waals surface area contributed by atoms with Crippen LogP contribution in [0, 0.1) is 15.9 Å². The summed E-state index contributed by atoms with van der Waals surface area (Å²) in [6.45, 7) is -0.579. The third kappa shape index (κ3) is 6.66. The van der Waals surface area contributed by atoms with Crippen molar-refractivity contribution < 1.29 is 33.2 Å². The lowest BCUT2D eigenvalue weighted by atomic mass is 10.1. The Morgan fingerprint density at radius 2 is 1.80 bits per heavy atom. The zero-order chi connectivity index (χ0) is 22.1. The zero-order valence-electron chi connectivity index (χ0n) is 16.1. The van der Waals surface area contributed by atoms with Gasteiger partial charge in [0.25, 0.3) is 0 Å². The molecular weight excluding hydrogens is 399 g/mol. The first kappa shape index (κ1) is 22.5. The summed E-state index contributed by atoms with van der Waals surface area (Å²) in [7, 11) is 1.27. The van der Waals surface area contributed by atoms with Crippen molar-refractivity contribution >= 4 is 29.0 Å². The number of Topliss-reactive ketones (excluding diaryl/α,β-unsaturated/α-hetero) is 1. The SMILES string of the molecule is COc1ccc(C(=O)COC(=O)CCCC(=O)Nc2ccc(F)cc2)cc1[N+](=O)[O-]. The average Bonchev–Trinajstić information content (AvgIpc) is 2.73. The number of rotatable bonds is 10. The standard InChI is InChI=1S/C20H19FN2O7/c1-29-18-10-5-13(11-16(18)23(27)28)17(24)12-30-20(26)4-2-3-19(25)22-15-8-6-14(21)7-9-15/h5-11H,2-4,12H2,1H3,(H,22,25). The fraction of sp³-hybridized carbons (Fsp3) is 0.250. The molecule has 1 amide bonds. The summed E-state index contributed by atoms with van der Waals surface area (Å²) in [5.41, 5.74) is 0.0685. The first-order valence-corrected chi connectivity index (χ1v) is 8.87. The maximum atomic E-state index is 12.8. The Morgan fingerprint density at radius 1 is 1.10 bits per heavy atom. The van der Waals surface area contributed by atoms with Crippen molar-refractivity contribution in [3.63, 3.8) is 0 Å². The van der Waals surface area contributed by atoms with Gasteiger partial charge in [-0.05, 0) is 42.8 Å². The van der Waals surface area contributed by atoms with Gasteiger partial charge in [0.15, 0.2) is 12.4 Å². The lowest BCUT2D eigenvalue weighted by Crippen LogP contribution is -2.15. The minimum absolute atomic E-state index is 0.00691. The molecule has 0 spiro atoms. The van der Waals surface area contributed by atoms with E-state index < -0.39 is 29.1 Å². The van der Waals surface area contributed by atoms with Crippen molar-refractivity contribution in [2.24, 2.45) is 0 Å². The minimum Gasteiger partial charge on any atom is -0.490 e. The van der Waals surface area contributed by atoms with Crippen molar-refractivity contribution in [1.29, 1.82) is 0 Å². The summed E-state index contributed by atoms with van der Waals surface area (Å²) >= 11 is 0. The first-order valence-electron chi connectivity index (χ1n) is 8.87. The van der Waals surface area contributed by atoms with Crippen LogP contribution in [0.25, 0.3) is 0 Å². The summed E-state index contributed by atoms with van der Waals surface area (Å²) in [5, 5.41) is 13.6. The number of carbonyl (C=O) groups is 3. The first-order chi connectivity index (χ1) is 14.3. The smallest absolute Gasteiger partial charge is 0.311 e. The van der Waals surface area contributed by atoms with Gasteiger partial charge in [-0.15, -0.1) is 0 Å². The van der Waals surface area contributed by atoms with E-state index in [0.29, 0.717) is 5.69 Å². The Hall–Kier alpha value is -3.82. The summed E-state index contributed by atoms with van der Waals surface area (Å²) in [6.07, 6.45) is 0.131. The molecular formula is C20H19FN2O7. The molecule has 158 valence electrons. The number of ether oxygens (including phenoxy) is 2. The maximum Gasteiger partial charge on any atom is 0.311 e. The molecule has 0 aliphatic heterocycles. The van der Waals surface area contributed by atoms with Gasteiger partial charge in [-0.2, -0.15) is 0 Å². The van der Waals surface area contributed by atoms with Gasteiger partial charge in [0, 0.05) is 30.2 Å². The molecule has 0 atom stereocenters. The number of hydrogen-bond donors (Lipinski definition) is 1. The Balaban J connectivity index is 1.75. The molecule has 9 nitrogen and oxygen atoms in total. The quantitative estimate of drug-likeness (QED) is 0.272. The molecule has 0 heterocycles. The largest absolute Gasteiger partial charge is 0.490 e. The Labute approximate surface area is 170 Å². The number of ketones is 1. The fourth-order valence-electron chi connectivity index (χ4n) is 2.46. The number of amides is 1. The third-order valence-electron chi connectivity index (χ3n) is 3.97. The number of nitrogens with one attached hydrogen (secondary N) is 1. The van der Waals surface area contributed by atoms with Crippen molar-refractivity contribution in [2.75, 3.05) is 19.0 Å². The van der Waals surface area contributed by atoms with Crippen LogP contribution in [0.3, 0.4) is 0 Å². The average molecular weight is 418 g/mol. The summed E-state index contributed by atoms with van der Waals surface area (Å²) in [6, 6.07) is 8.92. The van der Waals surface area contributed by atoms with Crippen LogP contribution < -0.4 is 10.1 Å². The number of carbonyl (C=O) groups excluding carboxylic acids is 3. The molecule has 2 aromatic carbocycles. The predicted octanol–water partition coefficient (Wildman–Crippen LogP) is 3.28. The van der Waals surface area contributed by atoms with Gasteiger partial charge in [0.2, 0.25) is 11.7 Å². The monoisotopic (exact) mass is 418 g/mol. The molecule has 0 aliphatic carbocycles. The van der Waals surface area contributed by atoms with Gasteiger partial charge >= 0.3 is 11.7 Å². The van der Waals surface area contributed by atoms with Crippen molar-refractivity contribution in [1.82, 2.24) is 0 Å². The number of methoxy groups -OCH3 is 1. The van der Waals surface area contributed by atoms with Crippen LogP contribution in [0.4, 0.5) is 15.8 Å². The molecule has 0 bridgehead atoms. The van der Waals surface area contributed by atoms with Crippen LogP contribution in [0.2, 0.25) is 0 Å². The van der Waals surface area contributed by atoms with E-state index in [1.807, 2.05) is 0 Å². The van der Waals surface area contributed by atoms with E-state index in [9.17, 15) is 28.9 Å². The summed E-state index contributed by atoms with van der Waals surface area (Å²) in [5.74, 6) is -2.05. The van der Waals surface area contributed by atoms with Crippen LogP contribution in [0.5, 0.6) is 5.75 Å². The van der Waals surface area contributed by atoms with Crippen LogP contribution >= 0.6 is 0 Å². The van der Waals surface area contributed by atoms with Gasteiger partial charge in [0.1, 0.15) is 5.82 Å². The number of anilines is 1. The zero-order valence-corrected chi connectivity index (χ0v) is 16.1. The van der Waals surface area contributed by atoms with Crippen LogP contribution in [-0.2, 0) is 14.3 Å². The molecule has 2 rings (SSSR count). The number of nitrogens with zero attached hydrogens (tertiary/aromatic N) is 1. The summed E-state index contributed by atoms with van der Waals surface area (Å²) in [4.78, 5) is 46.0. The molecule has 10 heteroatoms. The fourth-order valence-corrected chi connectivity index (χ4v) is 2.46. The van der Waals surface area contributed by atoms with Crippen molar-refractivity contribution in [3.8, 4) is 5.75 Å². The number of nitro groups is 1. The van der Waals surface area contributed by atoms with E-state index in [-0.39, 0.29) is 42.2 Å². The van der Waals surface area contributed by atoms with Crippen LogP contribution in [-0.4, -0.2) is 36.3 Å². The molecule has 0 aliphatic rings. The molecule has 1 N–H and O–H groups in total. The van der Waals surface area contributed by atoms with E-state index in [1.54, 1.807) is 0 Å². The van der Waals surface area contributed by atoms with E-state index in [4.69, 9.17) is 9.47 Å². The van der Waals surface area contributed by atoms with E-state index >= 15 is 0 Å². The lowest BCUT2D eigenvalue weighted by Gasteiger charge is -2.07. The lowest BCUT2D eigenvalue weighted by molar-refractivity contribution is -0.385. The highest BCUT2D eigenvalue weighted by atomic mass is 19.1. The molecule has 30 heavy (non-hydrogen) atoms. The van der Waals surface area contributed by atoms with Gasteiger partial charge in [-0.25, -0.2) is 4.39 Å². The van der Waals surface area contributed by atoms with Gasteiger partial charge < -0.3 is 14.8 Å². The second kappa shape index (κ2) is 10.6. The highest BCUT2D eigenvalue weighted by molar-refractivity contribution is 5.98. The Morgan fingerprint density at radius 3 is 2.43 bits per heavy atom. The van der Waals surface area contributed by atoms with E-state index in [2.05, 4.69) is 5.32 Å². The van der Waals surface area contributed by atoms with E-state index in [1.165, 1.54) is 43.5 Å². The normalized spacial score (nSPS) is 10.2. The molecule has 0 saturated carbocycles. The topological polar surface area (TPSA) is 125 Å². The predicted molar refractivity (Wildman–Crippen MR) is 104 cm³/mol. The molecule has 0 aromatic heterocycles. The number of hydrogen-bond acceptors (Lipinski definition) is 7. The van der Waals surface area contributed by atoms with Gasteiger partial charge in [-0.1, -0.05) is 0 Å². The Bertz CT molecular complexity index is 945. The second-order valence-electron chi connectivity index (χ2n) is 6.14. The molecule has 0 fully saturated rings. The number of benzene rings is 2. The number of halogens is 1. The second-order valence-corrected chi connectivity index (χ2v) is 6.14. The minimum atomic E-state index is -0.682. The van der Waals surface area contributed by atoms with Crippen LogP contribution in [0.1, 0.15) is 29.6 Å². The third-order valence-corrected chi connectivity index (χ3v) is 3.97. The van der Waals surface area contributed by atoms with E-state index in [0.717, 1.165) is 6.07 Å². The van der Waals surface area contributed by atoms with Crippen molar-refractivity contribution in [2.45, 2.75) is 19.3 Å². The Kier molecular flexibility index (Phi) is 7.98. The highest BCUT2D eigenvalue weighted by Crippen LogP contribution is 2.27. The molecule has 0 unspecified atom stereocenters. The van der Waals surface area contributed by atoms with Gasteiger partial charge in [-0.3, -0.25) is 24.5 Å². The number of nitro benzene ring substituents is 1. The highest BCUT2D eigenvalue weighted by Gasteiger charge is 2.19. The van der Waals surface area contributed by atoms with Gasteiger partial charge in [0.05, 0.1) is 12.0 Å². The molecule has 2 aromatic rings. The number of esters is 1. The summed E-state index contributed by atoms with van der Waals surface area (Å²) < 4.78 is 22.5. The molecule has 0 radical (unpaired) electrons. The molecule has 0 saturated heterocycles.